The summed E-state index contributed by atoms with van der Waals surface area (Å²) in [5.41, 5.74) is 3.90. The summed E-state index contributed by atoms with van der Waals surface area (Å²) in [7, 11) is 0. The smallest absolute Gasteiger partial charge is 0.213 e. The molecule has 5 nitrogen and oxygen atoms in total. The Hall–Kier alpha value is -2.40. The number of ether oxygens (including phenoxy) is 1. The maximum atomic E-state index is 5.92. The van der Waals surface area contributed by atoms with Crippen molar-refractivity contribution in [2.24, 2.45) is 0 Å². The van der Waals surface area contributed by atoms with Crippen LogP contribution in [-0.2, 0) is 13.0 Å². The summed E-state index contributed by atoms with van der Waals surface area (Å²) in [6.45, 7) is 4.64. The SMILES string of the molecule is CCc1nc2ccc(COc3cccc(C4CCNCC4)n3)cc2o1. The summed E-state index contributed by atoms with van der Waals surface area (Å²) >= 11 is 0. The standard InChI is InChI=1S/C20H23N3O2/c1-2-19-23-17-7-6-14(12-18(17)25-19)13-24-20-5-3-4-16(22-20)15-8-10-21-11-9-15/h3-7,12,15,21H,2,8-11,13H2,1H3. The summed E-state index contributed by atoms with van der Waals surface area (Å²) in [6.07, 6.45) is 3.07. The van der Waals surface area contributed by atoms with Crippen molar-refractivity contribution < 1.29 is 9.15 Å². The van der Waals surface area contributed by atoms with Gasteiger partial charge in [-0.15, -0.1) is 0 Å². The second-order valence-corrected chi connectivity index (χ2v) is 6.48. The summed E-state index contributed by atoms with van der Waals surface area (Å²) in [4.78, 5) is 9.13. The molecular weight excluding hydrogens is 314 g/mol. The summed E-state index contributed by atoms with van der Waals surface area (Å²) in [5, 5.41) is 3.39. The second-order valence-electron chi connectivity index (χ2n) is 6.48. The minimum absolute atomic E-state index is 0.473. The first-order valence-corrected chi connectivity index (χ1v) is 9.00. The maximum absolute atomic E-state index is 5.92. The highest BCUT2D eigenvalue weighted by molar-refractivity contribution is 5.73. The van der Waals surface area contributed by atoms with Crippen LogP contribution in [0.15, 0.2) is 40.8 Å². The Kier molecular flexibility index (Phi) is 4.65. The molecule has 5 heteroatoms. The van der Waals surface area contributed by atoms with E-state index in [1.165, 1.54) is 0 Å². The van der Waals surface area contributed by atoms with Gasteiger partial charge >= 0.3 is 0 Å². The lowest BCUT2D eigenvalue weighted by Gasteiger charge is -2.22. The van der Waals surface area contributed by atoms with Crippen LogP contribution in [0, 0.1) is 0 Å². The fourth-order valence-electron chi connectivity index (χ4n) is 3.27. The van der Waals surface area contributed by atoms with Gasteiger partial charge in [-0.25, -0.2) is 9.97 Å². The lowest BCUT2D eigenvalue weighted by atomic mass is 9.94. The van der Waals surface area contributed by atoms with Gasteiger partial charge in [0.1, 0.15) is 12.1 Å². The fourth-order valence-corrected chi connectivity index (χ4v) is 3.27. The number of fused-ring (bicyclic) bond motifs is 1. The Morgan fingerprint density at radius 3 is 2.88 bits per heavy atom. The quantitative estimate of drug-likeness (QED) is 0.767. The number of nitrogens with zero attached hydrogens (tertiary/aromatic N) is 2. The van der Waals surface area contributed by atoms with Crippen molar-refractivity contribution in [3.8, 4) is 5.88 Å². The van der Waals surface area contributed by atoms with Crippen LogP contribution < -0.4 is 10.1 Å². The first-order valence-electron chi connectivity index (χ1n) is 9.00. The monoisotopic (exact) mass is 337 g/mol. The number of rotatable bonds is 5. The number of hydrogen-bond acceptors (Lipinski definition) is 5. The number of piperidine rings is 1. The van der Waals surface area contributed by atoms with E-state index < -0.39 is 0 Å². The first-order chi connectivity index (χ1) is 12.3. The first kappa shape index (κ1) is 16.1. The molecule has 0 atom stereocenters. The van der Waals surface area contributed by atoms with Gasteiger partial charge in [0.15, 0.2) is 11.5 Å². The molecule has 0 bridgehead atoms. The molecule has 130 valence electrons. The van der Waals surface area contributed by atoms with E-state index in [-0.39, 0.29) is 0 Å². The largest absolute Gasteiger partial charge is 0.473 e. The normalized spacial score (nSPS) is 15.6. The highest BCUT2D eigenvalue weighted by Gasteiger charge is 2.16. The molecule has 1 aromatic carbocycles. The number of oxazole rings is 1. The third-order valence-corrected chi connectivity index (χ3v) is 4.69. The van der Waals surface area contributed by atoms with Gasteiger partial charge in [-0.2, -0.15) is 0 Å². The highest BCUT2D eigenvalue weighted by atomic mass is 16.5. The van der Waals surface area contributed by atoms with Gasteiger partial charge in [0.2, 0.25) is 5.88 Å². The maximum Gasteiger partial charge on any atom is 0.213 e. The summed E-state index contributed by atoms with van der Waals surface area (Å²) < 4.78 is 11.6. The molecule has 0 saturated carbocycles. The average Bonchev–Trinajstić information content (AvgIpc) is 3.10. The molecule has 0 spiro atoms. The Morgan fingerprint density at radius 1 is 1.16 bits per heavy atom. The third-order valence-electron chi connectivity index (χ3n) is 4.69. The Morgan fingerprint density at radius 2 is 2.04 bits per heavy atom. The Balaban J connectivity index is 1.45. The van der Waals surface area contributed by atoms with Gasteiger partial charge in [0, 0.05) is 24.1 Å². The fraction of sp³-hybridized carbons (Fsp3) is 0.400. The molecule has 25 heavy (non-hydrogen) atoms. The Bertz CT molecular complexity index is 853. The van der Waals surface area contributed by atoms with Gasteiger partial charge in [0.25, 0.3) is 0 Å². The van der Waals surface area contributed by atoms with Gasteiger partial charge < -0.3 is 14.5 Å². The zero-order valence-electron chi connectivity index (χ0n) is 14.5. The van der Waals surface area contributed by atoms with Crippen molar-refractivity contribution in [2.75, 3.05) is 13.1 Å². The van der Waals surface area contributed by atoms with Crippen molar-refractivity contribution >= 4 is 11.1 Å². The van der Waals surface area contributed by atoms with Crippen molar-refractivity contribution in [1.82, 2.24) is 15.3 Å². The minimum Gasteiger partial charge on any atom is -0.473 e. The molecule has 0 amide bonds. The summed E-state index contributed by atoms with van der Waals surface area (Å²) in [5.74, 6) is 1.98. The van der Waals surface area contributed by atoms with Crippen LogP contribution in [0.4, 0.5) is 0 Å². The number of aromatic nitrogens is 2. The zero-order valence-corrected chi connectivity index (χ0v) is 14.5. The molecule has 1 N–H and O–H groups in total. The van der Waals surface area contributed by atoms with Crippen LogP contribution in [0.2, 0.25) is 0 Å². The number of hydrogen-bond donors (Lipinski definition) is 1. The molecule has 1 aliphatic rings. The molecule has 4 rings (SSSR count). The van der Waals surface area contributed by atoms with Crippen LogP contribution >= 0.6 is 0 Å². The average molecular weight is 337 g/mol. The number of benzene rings is 1. The van der Waals surface area contributed by atoms with E-state index in [0.717, 1.165) is 60.6 Å². The van der Waals surface area contributed by atoms with Gasteiger partial charge in [0.05, 0.1) is 0 Å². The predicted molar refractivity (Wildman–Crippen MR) is 96.8 cm³/mol. The molecule has 1 fully saturated rings. The highest BCUT2D eigenvalue weighted by Crippen LogP contribution is 2.25. The number of aryl methyl sites for hydroxylation is 1. The summed E-state index contributed by atoms with van der Waals surface area (Å²) in [6, 6.07) is 12.1. The number of nitrogens with one attached hydrogen (secondary N) is 1. The second kappa shape index (κ2) is 7.23. The molecule has 1 aliphatic heterocycles. The van der Waals surface area contributed by atoms with E-state index in [0.29, 0.717) is 18.4 Å². The van der Waals surface area contributed by atoms with Crippen molar-refractivity contribution in [3.05, 3.63) is 53.5 Å². The van der Waals surface area contributed by atoms with E-state index in [1.54, 1.807) is 0 Å². The third kappa shape index (κ3) is 3.66. The topological polar surface area (TPSA) is 60.2 Å². The van der Waals surface area contributed by atoms with E-state index >= 15 is 0 Å². The van der Waals surface area contributed by atoms with Crippen LogP contribution in [-0.4, -0.2) is 23.1 Å². The van der Waals surface area contributed by atoms with Gasteiger partial charge in [-0.1, -0.05) is 19.1 Å². The lowest BCUT2D eigenvalue weighted by molar-refractivity contribution is 0.291. The van der Waals surface area contributed by atoms with Crippen molar-refractivity contribution in [3.63, 3.8) is 0 Å². The van der Waals surface area contributed by atoms with Crippen LogP contribution in [0.3, 0.4) is 0 Å². The molecule has 0 unspecified atom stereocenters. The van der Waals surface area contributed by atoms with Gasteiger partial charge in [-0.05, 0) is 49.7 Å². The van der Waals surface area contributed by atoms with Crippen LogP contribution in [0.5, 0.6) is 5.88 Å². The molecule has 2 aromatic heterocycles. The van der Waals surface area contributed by atoms with Crippen LogP contribution in [0.1, 0.15) is 42.8 Å². The molecule has 1 saturated heterocycles. The van der Waals surface area contributed by atoms with E-state index in [9.17, 15) is 0 Å². The lowest BCUT2D eigenvalue weighted by Crippen LogP contribution is -2.27. The van der Waals surface area contributed by atoms with Crippen molar-refractivity contribution in [2.45, 2.75) is 38.7 Å². The van der Waals surface area contributed by atoms with E-state index in [2.05, 4.69) is 16.4 Å². The molecular formula is C20H23N3O2. The number of pyridine rings is 1. The zero-order chi connectivity index (χ0) is 17.1. The molecule has 3 aromatic rings. The van der Waals surface area contributed by atoms with Crippen LogP contribution in [0.25, 0.3) is 11.1 Å². The molecule has 0 radical (unpaired) electrons. The minimum atomic E-state index is 0.473. The molecule has 3 heterocycles. The molecule has 0 aliphatic carbocycles. The van der Waals surface area contributed by atoms with E-state index in [1.807, 2.05) is 37.3 Å². The van der Waals surface area contributed by atoms with Crippen molar-refractivity contribution in [1.29, 1.82) is 0 Å². The van der Waals surface area contributed by atoms with Gasteiger partial charge in [-0.3, -0.25) is 0 Å². The Labute approximate surface area is 147 Å². The predicted octanol–water partition coefficient (Wildman–Crippen LogP) is 3.83. The van der Waals surface area contributed by atoms with E-state index in [4.69, 9.17) is 14.1 Å².